The number of hydrogen-bond acceptors (Lipinski definition) is 5. The number of nitrogens with one attached hydrogen (secondary N) is 1. The molecular formula is C12H19N5S. The predicted octanol–water partition coefficient (Wildman–Crippen LogP) is 2.53. The first kappa shape index (κ1) is 13.0. The molecule has 18 heavy (non-hydrogen) atoms. The molecule has 6 heteroatoms. The molecule has 0 saturated heterocycles. The Morgan fingerprint density at radius 3 is 2.89 bits per heavy atom. The number of aromatic nitrogens is 4. The van der Waals surface area contributed by atoms with Gasteiger partial charge in [0.25, 0.3) is 0 Å². The SMILES string of the molecule is CCCCc1nnc(NCc2cnn(C)c2C)s1. The third-order valence-corrected chi connectivity index (χ3v) is 3.92. The fourth-order valence-electron chi connectivity index (χ4n) is 1.64. The largest absolute Gasteiger partial charge is 0.356 e. The van der Waals surface area contributed by atoms with Crippen LogP contribution in [0.3, 0.4) is 0 Å². The Morgan fingerprint density at radius 2 is 2.22 bits per heavy atom. The van der Waals surface area contributed by atoms with Crippen molar-refractivity contribution in [3.8, 4) is 0 Å². The Hall–Kier alpha value is -1.43. The van der Waals surface area contributed by atoms with Gasteiger partial charge in [-0.25, -0.2) is 0 Å². The summed E-state index contributed by atoms with van der Waals surface area (Å²) >= 11 is 1.64. The summed E-state index contributed by atoms with van der Waals surface area (Å²) in [5.74, 6) is 0. The van der Waals surface area contributed by atoms with Gasteiger partial charge in [-0.05, 0) is 13.3 Å². The zero-order valence-electron chi connectivity index (χ0n) is 11.1. The van der Waals surface area contributed by atoms with Crippen molar-refractivity contribution in [1.82, 2.24) is 20.0 Å². The molecule has 0 radical (unpaired) electrons. The Morgan fingerprint density at radius 1 is 1.39 bits per heavy atom. The van der Waals surface area contributed by atoms with E-state index in [4.69, 9.17) is 0 Å². The number of rotatable bonds is 6. The van der Waals surface area contributed by atoms with Gasteiger partial charge in [-0.15, -0.1) is 10.2 Å². The van der Waals surface area contributed by atoms with Crippen LogP contribution in [0.1, 0.15) is 36.0 Å². The standard InChI is InChI=1S/C12H19N5S/c1-4-5-6-11-15-16-12(18-11)13-7-10-8-14-17(3)9(10)2/h8H,4-7H2,1-3H3,(H,13,16). The normalized spacial score (nSPS) is 10.8. The highest BCUT2D eigenvalue weighted by molar-refractivity contribution is 7.15. The van der Waals surface area contributed by atoms with Crippen LogP contribution in [0.15, 0.2) is 6.20 Å². The topological polar surface area (TPSA) is 55.6 Å². The maximum absolute atomic E-state index is 4.22. The molecule has 0 saturated carbocycles. The lowest BCUT2D eigenvalue weighted by Crippen LogP contribution is -2.01. The summed E-state index contributed by atoms with van der Waals surface area (Å²) in [6.45, 7) is 5.00. The number of hydrogen-bond donors (Lipinski definition) is 1. The lowest BCUT2D eigenvalue weighted by atomic mass is 10.2. The number of aryl methyl sites for hydroxylation is 2. The highest BCUT2D eigenvalue weighted by Crippen LogP contribution is 2.18. The first-order chi connectivity index (χ1) is 8.70. The van der Waals surface area contributed by atoms with Crippen molar-refractivity contribution in [1.29, 1.82) is 0 Å². The third kappa shape index (κ3) is 3.07. The van der Waals surface area contributed by atoms with Crippen molar-refractivity contribution in [3.63, 3.8) is 0 Å². The zero-order chi connectivity index (χ0) is 13.0. The van der Waals surface area contributed by atoms with Gasteiger partial charge in [-0.1, -0.05) is 24.7 Å². The molecule has 5 nitrogen and oxygen atoms in total. The van der Waals surface area contributed by atoms with E-state index in [2.05, 4.69) is 34.5 Å². The maximum atomic E-state index is 4.22. The van der Waals surface area contributed by atoms with E-state index >= 15 is 0 Å². The number of anilines is 1. The van der Waals surface area contributed by atoms with Gasteiger partial charge in [0.2, 0.25) is 5.13 Å². The van der Waals surface area contributed by atoms with Crippen LogP contribution in [0.25, 0.3) is 0 Å². The Bertz CT molecular complexity index is 502. The maximum Gasteiger partial charge on any atom is 0.205 e. The van der Waals surface area contributed by atoms with E-state index < -0.39 is 0 Å². The first-order valence-electron chi connectivity index (χ1n) is 6.24. The van der Waals surface area contributed by atoms with Crippen molar-refractivity contribution in [3.05, 3.63) is 22.5 Å². The summed E-state index contributed by atoms with van der Waals surface area (Å²) < 4.78 is 1.88. The lowest BCUT2D eigenvalue weighted by molar-refractivity contribution is 0.738. The second-order valence-corrected chi connectivity index (χ2v) is 5.40. The molecule has 0 aliphatic rings. The molecule has 2 aromatic rings. The van der Waals surface area contributed by atoms with E-state index in [1.54, 1.807) is 11.3 Å². The molecule has 0 fully saturated rings. The molecule has 1 N–H and O–H groups in total. The van der Waals surface area contributed by atoms with Gasteiger partial charge in [0.15, 0.2) is 0 Å². The van der Waals surface area contributed by atoms with Crippen LogP contribution in [0, 0.1) is 6.92 Å². The van der Waals surface area contributed by atoms with E-state index in [0.29, 0.717) is 0 Å². The van der Waals surface area contributed by atoms with Crippen LogP contribution in [0.4, 0.5) is 5.13 Å². The van der Waals surface area contributed by atoms with Crippen molar-refractivity contribution in [2.24, 2.45) is 7.05 Å². The molecule has 2 heterocycles. The minimum atomic E-state index is 0.752. The van der Waals surface area contributed by atoms with E-state index in [1.165, 1.54) is 24.1 Å². The molecule has 0 amide bonds. The molecule has 0 aromatic carbocycles. The predicted molar refractivity (Wildman–Crippen MR) is 73.8 cm³/mol. The van der Waals surface area contributed by atoms with Gasteiger partial charge in [0.05, 0.1) is 6.20 Å². The average molecular weight is 265 g/mol. The second-order valence-electron chi connectivity index (χ2n) is 4.34. The van der Waals surface area contributed by atoms with Crippen LogP contribution in [0.2, 0.25) is 0 Å². The molecule has 0 aliphatic heterocycles. The molecule has 0 spiro atoms. The van der Waals surface area contributed by atoms with Crippen LogP contribution in [-0.2, 0) is 20.0 Å². The van der Waals surface area contributed by atoms with E-state index in [-0.39, 0.29) is 0 Å². The smallest absolute Gasteiger partial charge is 0.205 e. The zero-order valence-corrected chi connectivity index (χ0v) is 11.9. The number of nitrogens with zero attached hydrogens (tertiary/aromatic N) is 4. The highest BCUT2D eigenvalue weighted by Gasteiger charge is 2.06. The van der Waals surface area contributed by atoms with Crippen LogP contribution in [0.5, 0.6) is 0 Å². The minimum Gasteiger partial charge on any atom is -0.356 e. The molecule has 0 aliphatic carbocycles. The Balaban J connectivity index is 1.90. The third-order valence-electron chi connectivity index (χ3n) is 2.98. The summed E-state index contributed by atoms with van der Waals surface area (Å²) in [6.07, 6.45) is 5.29. The van der Waals surface area contributed by atoms with E-state index in [0.717, 1.165) is 23.1 Å². The molecular weight excluding hydrogens is 246 g/mol. The molecule has 0 unspecified atom stereocenters. The monoisotopic (exact) mass is 265 g/mol. The molecule has 2 rings (SSSR count). The summed E-state index contributed by atoms with van der Waals surface area (Å²) in [5.41, 5.74) is 2.38. The minimum absolute atomic E-state index is 0.752. The van der Waals surface area contributed by atoms with Crippen LogP contribution < -0.4 is 5.32 Å². The van der Waals surface area contributed by atoms with Crippen molar-refractivity contribution < 1.29 is 0 Å². The van der Waals surface area contributed by atoms with Gasteiger partial charge < -0.3 is 5.32 Å². The van der Waals surface area contributed by atoms with Crippen LogP contribution >= 0.6 is 11.3 Å². The van der Waals surface area contributed by atoms with Crippen molar-refractivity contribution in [2.75, 3.05) is 5.32 Å². The fourth-order valence-corrected chi connectivity index (χ4v) is 2.42. The first-order valence-corrected chi connectivity index (χ1v) is 7.06. The highest BCUT2D eigenvalue weighted by atomic mass is 32.1. The molecule has 0 atom stereocenters. The molecule has 98 valence electrons. The van der Waals surface area contributed by atoms with Crippen molar-refractivity contribution >= 4 is 16.5 Å². The second kappa shape index (κ2) is 5.95. The van der Waals surface area contributed by atoms with Gasteiger partial charge in [0, 0.05) is 31.3 Å². The van der Waals surface area contributed by atoms with Crippen molar-refractivity contribution in [2.45, 2.75) is 39.7 Å². The quantitative estimate of drug-likeness (QED) is 0.872. The van der Waals surface area contributed by atoms with Gasteiger partial charge >= 0.3 is 0 Å². The number of unbranched alkanes of at least 4 members (excludes halogenated alkanes) is 1. The van der Waals surface area contributed by atoms with Gasteiger partial charge in [0.1, 0.15) is 5.01 Å². The summed E-state index contributed by atoms with van der Waals surface area (Å²) in [6, 6.07) is 0. The Labute approximate surface area is 111 Å². The fraction of sp³-hybridized carbons (Fsp3) is 0.583. The summed E-state index contributed by atoms with van der Waals surface area (Å²) in [7, 11) is 1.95. The van der Waals surface area contributed by atoms with Gasteiger partial charge in [-0.3, -0.25) is 4.68 Å². The van der Waals surface area contributed by atoms with E-state index in [1.807, 2.05) is 17.9 Å². The average Bonchev–Trinajstić information content (AvgIpc) is 2.94. The molecule has 2 aromatic heterocycles. The summed E-state index contributed by atoms with van der Waals surface area (Å²) in [5, 5.41) is 17.9. The van der Waals surface area contributed by atoms with Gasteiger partial charge in [-0.2, -0.15) is 5.10 Å². The molecule has 0 bridgehead atoms. The lowest BCUT2D eigenvalue weighted by Gasteiger charge is -2.01. The van der Waals surface area contributed by atoms with Crippen LogP contribution in [-0.4, -0.2) is 20.0 Å². The summed E-state index contributed by atoms with van der Waals surface area (Å²) in [4.78, 5) is 0. The Kier molecular flexibility index (Phi) is 4.30. The van der Waals surface area contributed by atoms with E-state index in [9.17, 15) is 0 Å².